The van der Waals surface area contributed by atoms with Gasteiger partial charge in [-0.25, -0.2) is 4.39 Å². The van der Waals surface area contributed by atoms with Crippen LogP contribution in [0.4, 0.5) is 4.39 Å². The van der Waals surface area contributed by atoms with Gasteiger partial charge in [0.1, 0.15) is 5.83 Å². The molecule has 0 aromatic rings. The van der Waals surface area contributed by atoms with Crippen LogP contribution >= 0.6 is 0 Å². The van der Waals surface area contributed by atoms with Crippen LogP contribution in [0.1, 0.15) is 106 Å². The molecule has 0 radical (unpaired) electrons. The molecule has 0 aliphatic rings. The highest BCUT2D eigenvalue weighted by atomic mass is 19.1. The maximum atomic E-state index is 14.0. The maximum absolute atomic E-state index is 14.0. The van der Waals surface area contributed by atoms with Gasteiger partial charge in [0.15, 0.2) is 5.78 Å². The minimum absolute atomic E-state index is 0.0399. The molecular formula is C26H44FNO. The van der Waals surface area contributed by atoms with Gasteiger partial charge in [0.25, 0.3) is 0 Å². The second kappa shape index (κ2) is 14.5. The smallest absolute Gasteiger partial charge is 0.156 e. The lowest BCUT2D eigenvalue weighted by Crippen LogP contribution is -2.13. The van der Waals surface area contributed by atoms with Crippen LogP contribution in [-0.2, 0) is 4.79 Å². The molecule has 0 bridgehead atoms. The molecular weight excluding hydrogens is 361 g/mol. The first-order valence-corrected chi connectivity index (χ1v) is 11.3. The van der Waals surface area contributed by atoms with E-state index in [1.807, 2.05) is 13.0 Å². The van der Waals surface area contributed by atoms with Gasteiger partial charge in [0.05, 0.1) is 6.21 Å². The van der Waals surface area contributed by atoms with Crippen LogP contribution in [0.3, 0.4) is 0 Å². The number of carbonyl (C=O) groups is 1. The maximum Gasteiger partial charge on any atom is 0.156 e. The number of ketones is 1. The number of aliphatic imine (C=N–C) groups is 1. The van der Waals surface area contributed by atoms with Crippen LogP contribution in [0.2, 0.25) is 0 Å². The van der Waals surface area contributed by atoms with Crippen molar-refractivity contribution in [2.24, 2.45) is 16.3 Å². The minimum Gasteiger partial charge on any atom is -0.295 e. The molecule has 0 aromatic carbocycles. The summed E-state index contributed by atoms with van der Waals surface area (Å²) in [6.07, 6.45) is 11.5. The van der Waals surface area contributed by atoms with Crippen molar-refractivity contribution in [2.45, 2.75) is 106 Å². The molecule has 0 saturated heterocycles. The molecule has 0 atom stereocenters. The molecule has 3 heteroatoms. The highest BCUT2D eigenvalue weighted by Gasteiger charge is 2.19. The average Bonchev–Trinajstić information content (AvgIpc) is 2.63. The lowest BCUT2D eigenvalue weighted by atomic mass is 9.84. The molecule has 0 unspecified atom stereocenters. The van der Waals surface area contributed by atoms with Crippen LogP contribution in [0.5, 0.6) is 0 Å². The Labute approximate surface area is 179 Å². The van der Waals surface area contributed by atoms with E-state index in [0.29, 0.717) is 36.5 Å². The van der Waals surface area contributed by atoms with Gasteiger partial charge in [-0.3, -0.25) is 9.79 Å². The van der Waals surface area contributed by atoms with Gasteiger partial charge in [0.2, 0.25) is 0 Å². The number of hydrogen-bond acceptors (Lipinski definition) is 2. The molecule has 166 valence electrons. The molecule has 0 aliphatic carbocycles. The van der Waals surface area contributed by atoms with Crippen LogP contribution in [0.25, 0.3) is 0 Å². The van der Waals surface area contributed by atoms with Gasteiger partial charge in [0, 0.05) is 18.5 Å². The highest BCUT2D eigenvalue weighted by Crippen LogP contribution is 2.30. The molecule has 0 amide bonds. The fourth-order valence-corrected chi connectivity index (χ4v) is 3.22. The van der Waals surface area contributed by atoms with Gasteiger partial charge in [-0.05, 0) is 49.2 Å². The van der Waals surface area contributed by atoms with E-state index in [2.05, 4.69) is 46.2 Å². The lowest BCUT2D eigenvalue weighted by Gasteiger charge is -2.22. The number of unbranched alkanes of at least 4 members (excludes halogenated alkanes) is 2. The van der Waals surface area contributed by atoms with Crippen LogP contribution in [0.15, 0.2) is 40.3 Å². The highest BCUT2D eigenvalue weighted by molar-refractivity contribution is 5.90. The van der Waals surface area contributed by atoms with Crippen molar-refractivity contribution in [1.82, 2.24) is 0 Å². The van der Waals surface area contributed by atoms with Gasteiger partial charge in [-0.1, -0.05) is 79.4 Å². The summed E-state index contributed by atoms with van der Waals surface area (Å²) in [6.45, 7) is 18.4. The Morgan fingerprint density at radius 2 is 1.66 bits per heavy atom. The largest absolute Gasteiger partial charge is 0.295 e. The summed E-state index contributed by atoms with van der Waals surface area (Å²) in [5.74, 6) is 0.232. The predicted molar refractivity (Wildman–Crippen MR) is 126 cm³/mol. The van der Waals surface area contributed by atoms with Crippen LogP contribution < -0.4 is 0 Å². The Hall–Kier alpha value is -1.51. The second-order valence-electron chi connectivity index (χ2n) is 9.39. The molecule has 0 rings (SSSR count). The fourth-order valence-electron chi connectivity index (χ4n) is 3.22. The standard InChI is InChI=1S/C26H44FNO/c1-9-12-14-22(15-13-10-2)23(17-24(29)18-26(6,7)8)16-21(5)28-19-25(27)20(4)11-3/h17,19,22H,5,9-16,18H2,1-4,6-8H3/b23-17-,25-20-,28-19?. The van der Waals surface area contributed by atoms with Crippen molar-refractivity contribution in [3.05, 3.63) is 35.3 Å². The molecule has 0 fully saturated rings. The molecule has 29 heavy (non-hydrogen) atoms. The van der Waals surface area contributed by atoms with Gasteiger partial charge < -0.3 is 0 Å². The third-order valence-corrected chi connectivity index (χ3v) is 5.09. The predicted octanol–water partition coefficient (Wildman–Crippen LogP) is 8.54. The Bertz CT molecular complexity index is 597. The van der Waals surface area contributed by atoms with Crippen molar-refractivity contribution in [3.63, 3.8) is 0 Å². The van der Waals surface area contributed by atoms with E-state index in [0.717, 1.165) is 44.1 Å². The van der Waals surface area contributed by atoms with Crippen LogP contribution in [0, 0.1) is 11.3 Å². The number of rotatable bonds is 14. The van der Waals surface area contributed by atoms with Crippen molar-refractivity contribution < 1.29 is 9.18 Å². The topological polar surface area (TPSA) is 29.4 Å². The summed E-state index contributed by atoms with van der Waals surface area (Å²) in [5, 5.41) is 0. The van der Waals surface area contributed by atoms with Crippen molar-refractivity contribution >= 4 is 12.0 Å². The zero-order valence-corrected chi connectivity index (χ0v) is 20.0. The van der Waals surface area contributed by atoms with Crippen molar-refractivity contribution in [3.8, 4) is 0 Å². The van der Waals surface area contributed by atoms with E-state index in [9.17, 15) is 9.18 Å². The number of hydrogen-bond donors (Lipinski definition) is 0. The van der Waals surface area contributed by atoms with Crippen molar-refractivity contribution in [2.75, 3.05) is 0 Å². The van der Waals surface area contributed by atoms with E-state index in [-0.39, 0.29) is 17.0 Å². The molecule has 2 nitrogen and oxygen atoms in total. The second-order valence-corrected chi connectivity index (χ2v) is 9.39. The Kier molecular flexibility index (Phi) is 13.7. The normalized spacial score (nSPS) is 13.9. The van der Waals surface area contributed by atoms with E-state index in [1.54, 1.807) is 6.92 Å². The number of allylic oxidation sites excluding steroid dienone is 4. The third-order valence-electron chi connectivity index (χ3n) is 5.09. The molecule has 0 saturated carbocycles. The molecule has 0 aromatic heterocycles. The zero-order valence-electron chi connectivity index (χ0n) is 20.0. The third kappa shape index (κ3) is 13.4. The monoisotopic (exact) mass is 405 g/mol. The van der Waals surface area contributed by atoms with Crippen molar-refractivity contribution in [1.29, 1.82) is 0 Å². The summed E-state index contributed by atoms with van der Waals surface area (Å²) < 4.78 is 14.0. The first kappa shape index (κ1) is 27.5. The molecule has 0 N–H and O–H groups in total. The summed E-state index contributed by atoms with van der Waals surface area (Å²) in [5.41, 5.74) is 2.36. The average molecular weight is 406 g/mol. The Morgan fingerprint density at radius 1 is 1.10 bits per heavy atom. The summed E-state index contributed by atoms with van der Waals surface area (Å²) in [4.78, 5) is 16.9. The number of halogens is 1. The van der Waals surface area contributed by atoms with E-state index in [1.165, 1.54) is 6.21 Å². The summed E-state index contributed by atoms with van der Waals surface area (Å²) >= 11 is 0. The lowest BCUT2D eigenvalue weighted by molar-refractivity contribution is -0.116. The van der Waals surface area contributed by atoms with E-state index in [4.69, 9.17) is 0 Å². The molecule has 0 aliphatic heterocycles. The fraction of sp³-hybridized carbons (Fsp3) is 0.692. The first-order chi connectivity index (χ1) is 13.5. The molecule has 0 heterocycles. The summed E-state index contributed by atoms with van der Waals surface area (Å²) in [6, 6.07) is 0. The van der Waals surface area contributed by atoms with E-state index < -0.39 is 0 Å². The zero-order chi connectivity index (χ0) is 22.4. The van der Waals surface area contributed by atoms with E-state index >= 15 is 0 Å². The quantitative estimate of drug-likeness (QED) is 0.210. The summed E-state index contributed by atoms with van der Waals surface area (Å²) in [7, 11) is 0. The minimum atomic E-state index is -0.295. The first-order valence-electron chi connectivity index (χ1n) is 11.3. The number of nitrogens with zero attached hydrogens (tertiary/aromatic N) is 1. The van der Waals surface area contributed by atoms with Gasteiger partial charge in [-0.15, -0.1) is 0 Å². The SMILES string of the molecule is C=C(C/C(=C/C(=O)CC(C)(C)C)C(CCCC)CCCC)N=C/C(F)=C(\C)CC. The van der Waals surface area contributed by atoms with Gasteiger partial charge in [-0.2, -0.15) is 0 Å². The molecule has 0 spiro atoms. The number of carbonyl (C=O) groups excluding carboxylic acids is 1. The van der Waals surface area contributed by atoms with Gasteiger partial charge >= 0.3 is 0 Å². The Morgan fingerprint density at radius 3 is 2.10 bits per heavy atom. The van der Waals surface area contributed by atoms with Crippen LogP contribution in [-0.4, -0.2) is 12.0 Å². The Balaban J connectivity index is 5.61.